The van der Waals surface area contributed by atoms with Crippen molar-refractivity contribution in [3.05, 3.63) is 35.4 Å². The molecule has 0 bridgehead atoms. The van der Waals surface area contributed by atoms with E-state index >= 15 is 0 Å². The van der Waals surface area contributed by atoms with Gasteiger partial charge in [-0.25, -0.2) is 0 Å². The van der Waals surface area contributed by atoms with Crippen molar-refractivity contribution in [3.63, 3.8) is 0 Å². The van der Waals surface area contributed by atoms with Gasteiger partial charge in [-0.2, -0.15) is 13.2 Å². The number of benzene rings is 1. The van der Waals surface area contributed by atoms with Crippen molar-refractivity contribution >= 4 is 0 Å². The number of nitrogens with one attached hydrogen (secondary N) is 1. The number of hydrogen-bond acceptors (Lipinski definition) is 2. The first-order chi connectivity index (χ1) is 9.50. The molecule has 0 spiro atoms. The molecule has 5 heteroatoms. The Kier molecular flexibility index (Phi) is 5.05. The maximum atomic E-state index is 12.5. The SMILES string of the molecule is CCN(Cc1ccc(C(F)(F)F)cc1)C1CCNCC1. The van der Waals surface area contributed by atoms with E-state index in [2.05, 4.69) is 17.1 Å². The number of hydrogen-bond donors (Lipinski definition) is 1. The third kappa shape index (κ3) is 3.96. The maximum Gasteiger partial charge on any atom is 0.416 e. The predicted molar refractivity (Wildman–Crippen MR) is 73.4 cm³/mol. The van der Waals surface area contributed by atoms with Crippen LogP contribution in [-0.4, -0.2) is 30.6 Å². The Morgan fingerprint density at radius 2 is 1.75 bits per heavy atom. The molecule has 0 atom stereocenters. The van der Waals surface area contributed by atoms with Crippen LogP contribution in [0.3, 0.4) is 0 Å². The lowest BCUT2D eigenvalue weighted by Crippen LogP contribution is -2.42. The lowest BCUT2D eigenvalue weighted by atomic mass is 10.0. The summed E-state index contributed by atoms with van der Waals surface area (Å²) >= 11 is 0. The molecule has 0 unspecified atom stereocenters. The van der Waals surface area contributed by atoms with Crippen molar-refractivity contribution in [1.82, 2.24) is 10.2 Å². The summed E-state index contributed by atoms with van der Waals surface area (Å²) in [6, 6.07) is 6.06. The number of alkyl halides is 3. The van der Waals surface area contributed by atoms with Gasteiger partial charge in [-0.3, -0.25) is 4.90 Å². The highest BCUT2D eigenvalue weighted by Crippen LogP contribution is 2.29. The van der Waals surface area contributed by atoms with Gasteiger partial charge in [0.15, 0.2) is 0 Å². The summed E-state index contributed by atoms with van der Waals surface area (Å²) in [5.41, 5.74) is 0.365. The summed E-state index contributed by atoms with van der Waals surface area (Å²) in [5.74, 6) is 0. The topological polar surface area (TPSA) is 15.3 Å². The zero-order valence-corrected chi connectivity index (χ0v) is 11.7. The van der Waals surface area contributed by atoms with Crippen molar-refractivity contribution in [2.45, 2.75) is 38.5 Å². The van der Waals surface area contributed by atoms with Crippen molar-refractivity contribution in [2.24, 2.45) is 0 Å². The monoisotopic (exact) mass is 286 g/mol. The van der Waals surface area contributed by atoms with E-state index in [1.807, 2.05) is 0 Å². The number of halogens is 3. The minimum Gasteiger partial charge on any atom is -0.317 e. The minimum atomic E-state index is -4.25. The van der Waals surface area contributed by atoms with E-state index in [-0.39, 0.29) is 0 Å². The van der Waals surface area contributed by atoms with Crippen molar-refractivity contribution in [3.8, 4) is 0 Å². The smallest absolute Gasteiger partial charge is 0.317 e. The molecule has 0 amide bonds. The summed E-state index contributed by atoms with van der Waals surface area (Å²) in [5, 5.41) is 3.33. The molecule has 1 saturated heterocycles. The zero-order chi connectivity index (χ0) is 14.6. The average Bonchev–Trinajstić information content (AvgIpc) is 2.45. The van der Waals surface area contributed by atoms with Gasteiger partial charge in [0.2, 0.25) is 0 Å². The Balaban J connectivity index is 2.00. The molecule has 0 radical (unpaired) electrons. The molecule has 2 nitrogen and oxygen atoms in total. The predicted octanol–water partition coefficient (Wildman–Crippen LogP) is 3.28. The van der Waals surface area contributed by atoms with Crippen LogP contribution in [0.25, 0.3) is 0 Å². The molecule has 0 aliphatic carbocycles. The molecule has 20 heavy (non-hydrogen) atoms. The first-order valence-electron chi connectivity index (χ1n) is 7.11. The fourth-order valence-corrected chi connectivity index (χ4v) is 2.70. The zero-order valence-electron chi connectivity index (χ0n) is 11.7. The molecule has 1 heterocycles. The fraction of sp³-hybridized carbons (Fsp3) is 0.600. The first-order valence-corrected chi connectivity index (χ1v) is 7.11. The Hall–Kier alpha value is -1.07. The lowest BCUT2D eigenvalue weighted by Gasteiger charge is -2.34. The third-order valence-electron chi connectivity index (χ3n) is 3.90. The molecule has 0 aromatic heterocycles. The van der Waals surface area contributed by atoms with E-state index in [4.69, 9.17) is 0 Å². The Labute approximate surface area is 118 Å². The van der Waals surface area contributed by atoms with E-state index in [9.17, 15) is 13.2 Å². The van der Waals surface area contributed by atoms with E-state index in [1.54, 1.807) is 12.1 Å². The third-order valence-corrected chi connectivity index (χ3v) is 3.90. The van der Waals surface area contributed by atoms with Gasteiger partial charge >= 0.3 is 6.18 Å². The van der Waals surface area contributed by atoms with Crippen molar-refractivity contribution in [2.75, 3.05) is 19.6 Å². The average molecular weight is 286 g/mol. The van der Waals surface area contributed by atoms with Gasteiger partial charge in [0.1, 0.15) is 0 Å². The molecular weight excluding hydrogens is 265 g/mol. The second-order valence-electron chi connectivity index (χ2n) is 5.24. The van der Waals surface area contributed by atoms with Crippen LogP contribution in [0.1, 0.15) is 30.9 Å². The van der Waals surface area contributed by atoms with Gasteiger partial charge in [0, 0.05) is 12.6 Å². The van der Waals surface area contributed by atoms with Crippen LogP contribution < -0.4 is 5.32 Å². The van der Waals surface area contributed by atoms with Gasteiger partial charge < -0.3 is 5.32 Å². The maximum absolute atomic E-state index is 12.5. The molecular formula is C15H21F3N2. The standard InChI is InChI=1S/C15H21F3N2/c1-2-20(14-7-9-19-10-8-14)11-12-3-5-13(6-4-12)15(16,17)18/h3-6,14,19H,2,7-11H2,1H3. The molecule has 1 aromatic rings. The quantitative estimate of drug-likeness (QED) is 0.914. The molecule has 1 aromatic carbocycles. The Bertz CT molecular complexity index is 408. The first kappa shape index (κ1) is 15.3. The molecule has 1 aliphatic heterocycles. The number of nitrogens with zero attached hydrogens (tertiary/aromatic N) is 1. The summed E-state index contributed by atoms with van der Waals surface area (Å²) in [4.78, 5) is 2.35. The molecule has 112 valence electrons. The molecule has 0 saturated carbocycles. The molecule has 1 aliphatic rings. The van der Waals surface area contributed by atoms with Gasteiger partial charge in [-0.05, 0) is 50.2 Å². The van der Waals surface area contributed by atoms with Crippen LogP contribution in [0.4, 0.5) is 13.2 Å². The van der Waals surface area contributed by atoms with Gasteiger partial charge in [-0.15, -0.1) is 0 Å². The van der Waals surface area contributed by atoms with Gasteiger partial charge in [0.25, 0.3) is 0 Å². The lowest BCUT2D eigenvalue weighted by molar-refractivity contribution is -0.137. The molecule has 1 fully saturated rings. The highest BCUT2D eigenvalue weighted by molar-refractivity contribution is 5.24. The van der Waals surface area contributed by atoms with Gasteiger partial charge in [0.05, 0.1) is 5.56 Å². The summed E-state index contributed by atoms with van der Waals surface area (Å²) in [6.45, 7) is 5.79. The van der Waals surface area contributed by atoms with E-state index < -0.39 is 11.7 Å². The van der Waals surface area contributed by atoms with Crippen molar-refractivity contribution < 1.29 is 13.2 Å². The van der Waals surface area contributed by atoms with Crippen molar-refractivity contribution in [1.29, 1.82) is 0 Å². The van der Waals surface area contributed by atoms with E-state index in [0.29, 0.717) is 6.04 Å². The van der Waals surface area contributed by atoms with Crippen LogP contribution >= 0.6 is 0 Å². The summed E-state index contributed by atoms with van der Waals surface area (Å²) in [6.07, 6.45) is -2.04. The van der Waals surface area contributed by atoms with Crippen LogP contribution in [0.2, 0.25) is 0 Å². The highest BCUT2D eigenvalue weighted by atomic mass is 19.4. The second-order valence-corrected chi connectivity index (χ2v) is 5.24. The van der Waals surface area contributed by atoms with Crippen LogP contribution in [0, 0.1) is 0 Å². The fourth-order valence-electron chi connectivity index (χ4n) is 2.70. The van der Waals surface area contributed by atoms with Gasteiger partial charge in [-0.1, -0.05) is 19.1 Å². The highest BCUT2D eigenvalue weighted by Gasteiger charge is 2.30. The van der Waals surface area contributed by atoms with Crippen LogP contribution in [-0.2, 0) is 12.7 Å². The Morgan fingerprint density at radius 1 is 1.15 bits per heavy atom. The number of rotatable bonds is 4. The van der Waals surface area contributed by atoms with Crippen LogP contribution in [0.15, 0.2) is 24.3 Å². The summed E-state index contributed by atoms with van der Waals surface area (Å²) in [7, 11) is 0. The van der Waals surface area contributed by atoms with E-state index in [0.717, 1.165) is 44.6 Å². The molecule has 1 N–H and O–H groups in total. The normalized spacial score (nSPS) is 17.6. The van der Waals surface area contributed by atoms with Crippen LogP contribution in [0.5, 0.6) is 0 Å². The summed E-state index contributed by atoms with van der Waals surface area (Å²) < 4.78 is 37.6. The minimum absolute atomic E-state index is 0.531. The Morgan fingerprint density at radius 3 is 2.25 bits per heavy atom. The number of piperidine rings is 1. The van der Waals surface area contributed by atoms with E-state index in [1.165, 1.54) is 12.1 Å². The molecule has 2 rings (SSSR count). The second kappa shape index (κ2) is 6.59. The largest absolute Gasteiger partial charge is 0.416 e.